The second kappa shape index (κ2) is 6.92. The molecule has 4 nitrogen and oxygen atoms in total. The highest BCUT2D eigenvalue weighted by molar-refractivity contribution is 7.09. The van der Waals surface area contributed by atoms with E-state index in [9.17, 15) is 9.90 Å². The second-order valence-electron chi connectivity index (χ2n) is 4.04. The number of thiophene rings is 1. The number of aliphatic hydroxyl groups excluding tert-OH is 1. The summed E-state index contributed by atoms with van der Waals surface area (Å²) in [4.78, 5) is 12.7. The molecule has 0 bridgehead atoms. The zero-order chi connectivity index (χ0) is 13.5. The Hall–Kier alpha value is -1.85. The van der Waals surface area contributed by atoms with Crippen molar-refractivity contribution in [3.8, 4) is 0 Å². The third-order valence-electron chi connectivity index (χ3n) is 2.73. The maximum atomic E-state index is 11.6. The fourth-order valence-corrected chi connectivity index (χ4v) is 2.35. The maximum Gasteiger partial charge on any atom is 0.315 e. The Morgan fingerprint density at radius 1 is 1.05 bits per heavy atom. The lowest BCUT2D eigenvalue weighted by Crippen LogP contribution is -2.34. The number of hydrogen-bond donors (Lipinski definition) is 3. The van der Waals surface area contributed by atoms with E-state index in [1.54, 1.807) is 11.3 Å². The molecule has 5 heteroatoms. The van der Waals surface area contributed by atoms with Crippen LogP contribution in [0, 0.1) is 0 Å². The van der Waals surface area contributed by atoms with E-state index in [0.717, 1.165) is 16.0 Å². The minimum atomic E-state index is -0.207. The number of rotatable bonds is 5. The SMILES string of the molecule is O=C(NCc1cccs1)NCc1ccccc1CO. The van der Waals surface area contributed by atoms with Gasteiger partial charge in [0.25, 0.3) is 0 Å². The number of aliphatic hydroxyl groups is 1. The topological polar surface area (TPSA) is 61.4 Å². The molecule has 2 aromatic rings. The summed E-state index contributed by atoms with van der Waals surface area (Å²) in [5.74, 6) is 0. The van der Waals surface area contributed by atoms with Crippen LogP contribution in [0.5, 0.6) is 0 Å². The van der Waals surface area contributed by atoms with Gasteiger partial charge in [0.2, 0.25) is 0 Å². The molecule has 0 atom stereocenters. The van der Waals surface area contributed by atoms with Gasteiger partial charge in [0, 0.05) is 11.4 Å². The quantitative estimate of drug-likeness (QED) is 0.784. The number of carbonyl (C=O) groups is 1. The van der Waals surface area contributed by atoms with Crippen LogP contribution >= 0.6 is 11.3 Å². The first-order valence-electron chi connectivity index (χ1n) is 6.01. The predicted molar refractivity (Wildman–Crippen MR) is 75.8 cm³/mol. The van der Waals surface area contributed by atoms with Crippen LogP contribution < -0.4 is 10.6 Å². The lowest BCUT2D eigenvalue weighted by atomic mass is 10.1. The van der Waals surface area contributed by atoms with Crippen LogP contribution in [-0.2, 0) is 19.7 Å². The van der Waals surface area contributed by atoms with Gasteiger partial charge in [-0.05, 0) is 22.6 Å². The van der Waals surface area contributed by atoms with Crippen molar-refractivity contribution in [2.24, 2.45) is 0 Å². The molecule has 0 aliphatic rings. The molecule has 1 heterocycles. The van der Waals surface area contributed by atoms with Crippen LogP contribution in [0.2, 0.25) is 0 Å². The maximum absolute atomic E-state index is 11.6. The lowest BCUT2D eigenvalue weighted by Gasteiger charge is -2.09. The standard InChI is InChI=1S/C14H16N2O2S/c17-10-12-5-2-1-4-11(12)8-15-14(18)16-9-13-6-3-7-19-13/h1-7,17H,8-10H2,(H2,15,16,18). The van der Waals surface area contributed by atoms with E-state index in [2.05, 4.69) is 10.6 Å². The van der Waals surface area contributed by atoms with Gasteiger partial charge in [-0.2, -0.15) is 0 Å². The molecule has 3 N–H and O–H groups in total. The first kappa shape index (κ1) is 13.6. The number of urea groups is 1. The molecular formula is C14H16N2O2S. The number of nitrogens with one attached hydrogen (secondary N) is 2. The Morgan fingerprint density at radius 2 is 1.79 bits per heavy atom. The number of benzene rings is 1. The summed E-state index contributed by atoms with van der Waals surface area (Å²) in [6, 6.07) is 11.2. The van der Waals surface area contributed by atoms with E-state index < -0.39 is 0 Å². The smallest absolute Gasteiger partial charge is 0.315 e. The summed E-state index contributed by atoms with van der Waals surface area (Å²) in [6.07, 6.45) is 0. The normalized spacial score (nSPS) is 10.2. The summed E-state index contributed by atoms with van der Waals surface area (Å²) in [5.41, 5.74) is 1.76. The first-order valence-corrected chi connectivity index (χ1v) is 6.89. The van der Waals surface area contributed by atoms with Crippen LogP contribution in [0.1, 0.15) is 16.0 Å². The van der Waals surface area contributed by atoms with Gasteiger partial charge in [-0.3, -0.25) is 0 Å². The second-order valence-corrected chi connectivity index (χ2v) is 5.07. The van der Waals surface area contributed by atoms with Gasteiger partial charge < -0.3 is 15.7 Å². The van der Waals surface area contributed by atoms with Crippen LogP contribution in [-0.4, -0.2) is 11.1 Å². The van der Waals surface area contributed by atoms with Crippen LogP contribution in [0.25, 0.3) is 0 Å². The number of amides is 2. The van der Waals surface area contributed by atoms with Gasteiger partial charge in [0.05, 0.1) is 13.2 Å². The number of carbonyl (C=O) groups excluding carboxylic acids is 1. The monoisotopic (exact) mass is 276 g/mol. The minimum absolute atomic E-state index is 0.0192. The van der Waals surface area contributed by atoms with Crippen molar-refractivity contribution >= 4 is 17.4 Å². The summed E-state index contributed by atoms with van der Waals surface area (Å²) in [5, 5.41) is 16.7. The zero-order valence-electron chi connectivity index (χ0n) is 10.4. The Bertz CT molecular complexity index is 526. The predicted octanol–water partition coefficient (Wildman–Crippen LogP) is 2.24. The average Bonchev–Trinajstić information content (AvgIpc) is 2.96. The lowest BCUT2D eigenvalue weighted by molar-refractivity contribution is 0.240. The first-order chi connectivity index (χ1) is 9.29. The van der Waals surface area contributed by atoms with Gasteiger partial charge in [-0.15, -0.1) is 11.3 Å². The van der Waals surface area contributed by atoms with Gasteiger partial charge in [-0.25, -0.2) is 4.79 Å². The van der Waals surface area contributed by atoms with Gasteiger partial charge >= 0.3 is 6.03 Å². The molecule has 0 fully saturated rings. The Balaban J connectivity index is 1.80. The molecule has 0 unspecified atom stereocenters. The summed E-state index contributed by atoms with van der Waals surface area (Å²) in [7, 11) is 0. The summed E-state index contributed by atoms with van der Waals surface area (Å²) in [6.45, 7) is 0.923. The number of hydrogen-bond acceptors (Lipinski definition) is 3. The molecule has 2 rings (SSSR count). The fourth-order valence-electron chi connectivity index (χ4n) is 1.70. The Morgan fingerprint density at radius 3 is 2.47 bits per heavy atom. The highest BCUT2D eigenvalue weighted by Gasteiger charge is 2.04. The van der Waals surface area contributed by atoms with E-state index in [4.69, 9.17) is 0 Å². The van der Waals surface area contributed by atoms with Crippen molar-refractivity contribution in [2.45, 2.75) is 19.7 Å². The molecule has 0 saturated carbocycles. The molecule has 0 aliphatic heterocycles. The third-order valence-corrected chi connectivity index (χ3v) is 3.61. The Kier molecular flexibility index (Phi) is 4.94. The largest absolute Gasteiger partial charge is 0.392 e. The highest BCUT2D eigenvalue weighted by atomic mass is 32.1. The fraction of sp³-hybridized carbons (Fsp3) is 0.214. The van der Waals surface area contributed by atoms with Crippen molar-refractivity contribution < 1.29 is 9.90 Å². The Labute approximate surface area is 116 Å². The van der Waals surface area contributed by atoms with Gasteiger partial charge in [0.1, 0.15) is 0 Å². The molecule has 19 heavy (non-hydrogen) atoms. The summed E-state index contributed by atoms with van der Waals surface area (Å²) < 4.78 is 0. The molecule has 0 radical (unpaired) electrons. The van der Waals surface area contributed by atoms with E-state index >= 15 is 0 Å². The molecule has 2 amide bonds. The van der Waals surface area contributed by atoms with Crippen molar-refractivity contribution in [1.82, 2.24) is 10.6 Å². The van der Waals surface area contributed by atoms with E-state index in [1.807, 2.05) is 41.8 Å². The molecule has 0 aliphatic carbocycles. The molecule has 0 spiro atoms. The van der Waals surface area contributed by atoms with Crippen LogP contribution in [0.4, 0.5) is 4.79 Å². The average molecular weight is 276 g/mol. The molecule has 0 saturated heterocycles. The zero-order valence-corrected chi connectivity index (χ0v) is 11.2. The van der Waals surface area contributed by atoms with E-state index in [1.165, 1.54) is 0 Å². The molecule has 1 aromatic heterocycles. The molecule has 100 valence electrons. The third kappa shape index (κ3) is 4.08. The van der Waals surface area contributed by atoms with E-state index in [0.29, 0.717) is 13.1 Å². The van der Waals surface area contributed by atoms with E-state index in [-0.39, 0.29) is 12.6 Å². The van der Waals surface area contributed by atoms with Gasteiger partial charge in [0.15, 0.2) is 0 Å². The molecule has 1 aromatic carbocycles. The van der Waals surface area contributed by atoms with Crippen molar-refractivity contribution in [3.63, 3.8) is 0 Å². The summed E-state index contributed by atoms with van der Waals surface area (Å²) >= 11 is 1.61. The minimum Gasteiger partial charge on any atom is -0.392 e. The van der Waals surface area contributed by atoms with Crippen LogP contribution in [0.15, 0.2) is 41.8 Å². The molecular weight excluding hydrogens is 260 g/mol. The van der Waals surface area contributed by atoms with Crippen molar-refractivity contribution in [3.05, 3.63) is 57.8 Å². The highest BCUT2D eigenvalue weighted by Crippen LogP contribution is 2.08. The van der Waals surface area contributed by atoms with Crippen LogP contribution in [0.3, 0.4) is 0 Å². The van der Waals surface area contributed by atoms with Crippen molar-refractivity contribution in [1.29, 1.82) is 0 Å². The van der Waals surface area contributed by atoms with Crippen molar-refractivity contribution in [2.75, 3.05) is 0 Å². The van der Waals surface area contributed by atoms with Gasteiger partial charge in [-0.1, -0.05) is 30.3 Å².